The lowest BCUT2D eigenvalue weighted by molar-refractivity contribution is -0.610. The van der Waals surface area contributed by atoms with Crippen molar-refractivity contribution in [2.24, 2.45) is 0 Å². The summed E-state index contributed by atoms with van der Waals surface area (Å²) in [4.78, 5) is 7.67. The number of hydrogen-bond acceptors (Lipinski definition) is 2. The van der Waals surface area contributed by atoms with Crippen molar-refractivity contribution >= 4 is 11.0 Å². The van der Waals surface area contributed by atoms with Crippen molar-refractivity contribution in [1.82, 2.24) is 9.97 Å². The molecule has 0 atom stereocenters. The van der Waals surface area contributed by atoms with Crippen LogP contribution in [0.25, 0.3) is 17.0 Å². The van der Waals surface area contributed by atoms with E-state index in [9.17, 15) is 13.2 Å². The van der Waals surface area contributed by atoms with E-state index in [1.807, 2.05) is 31.2 Å². The summed E-state index contributed by atoms with van der Waals surface area (Å²) in [6, 6.07) is 9.11. The summed E-state index contributed by atoms with van der Waals surface area (Å²) in [5.74, 6) is 0.821. The van der Waals surface area contributed by atoms with E-state index in [1.54, 1.807) is 17.7 Å². The van der Waals surface area contributed by atoms with Crippen LogP contribution in [0.3, 0.4) is 0 Å². The molecule has 2 heterocycles. The number of halogens is 3. The van der Waals surface area contributed by atoms with Gasteiger partial charge >= 0.3 is 12.1 Å². The maximum absolute atomic E-state index is 12.3. The first-order valence-corrected chi connectivity index (χ1v) is 7.02. The third-order valence-corrected chi connectivity index (χ3v) is 3.65. The molecule has 0 radical (unpaired) electrons. The molecule has 0 saturated heterocycles. The van der Waals surface area contributed by atoms with Gasteiger partial charge in [-0.25, -0.2) is 9.55 Å². The predicted octanol–water partition coefficient (Wildman–Crippen LogP) is 3.40. The topological polar surface area (TPSA) is 41.8 Å². The van der Waals surface area contributed by atoms with Gasteiger partial charge < -0.3 is 4.74 Å². The number of pyridine rings is 1. The highest BCUT2D eigenvalue weighted by atomic mass is 19.4. The molecule has 0 bridgehead atoms. The molecule has 0 fully saturated rings. The van der Waals surface area contributed by atoms with Gasteiger partial charge in [0, 0.05) is 11.6 Å². The quantitative estimate of drug-likeness (QED) is 0.751. The van der Waals surface area contributed by atoms with Gasteiger partial charge in [0.05, 0.1) is 11.9 Å². The van der Waals surface area contributed by atoms with Crippen molar-refractivity contribution in [3.05, 3.63) is 47.8 Å². The lowest BCUT2D eigenvalue weighted by Gasteiger charge is -2.13. The zero-order chi connectivity index (χ0) is 16.6. The van der Waals surface area contributed by atoms with Gasteiger partial charge in [0.15, 0.2) is 12.1 Å². The summed E-state index contributed by atoms with van der Waals surface area (Å²) in [5.41, 5.74) is 3.11. The molecule has 3 rings (SSSR count). The second-order valence-corrected chi connectivity index (χ2v) is 5.24. The fourth-order valence-electron chi connectivity index (χ4n) is 2.34. The maximum atomic E-state index is 12.3. The zero-order valence-corrected chi connectivity index (χ0v) is 12.6. The van der Waals surface area contributed by atoms with Crippen LogP contribution in [0.5, 0.6) is 5.75 Å². The van der Waals surface area contributed by atoms with Crippen LogP contribution in [0, 0.1) is 13.8 Å². The molecule has 0 aliphatic heterocycles. The summed E-state index contributed by atoms with van der Waals surface area (Å²) < 4.78 is 43.5. The molecule has 7 heteroatoms. The number of benzene rings is 1. The molecular weight excluding hydrogens is 307 g/mol. The van der Waals surface area contributed by atoms with Gasteiger partial charge in [0.2, 0.25) is 0 Å². The first-order valence-electron chi connectivity index (χ1n) is 7.02. The first-order chi connectivity index (χ1) is 10.8. The summed E-state index contributed by atoms with van der Waals surface area (Å²) in [6.45, 7) is 2.23. The number of rotatable bonds is 3. The Balaban J connectivity index is 1.96. The molecule has 3 aromatic rings. The highest BCUT2D eigenvalue weighted by Crippen LogP contribution is 2.23. The van der Waals surface area contributed by atoms with E-state index in [0.29, 0.717) is 11.5 Å². The minimum absolute atomic E-state index is 0.215. The number of nitrogens with one attached hydrogen (secondary N) is 1. The molecule has 1 aromatic carbocycles. The molecule has 120 valence electrons. The Bertz CT molecular complexity index is 822. The fraction of sp³-hybridized carbons (Fsp3) is 0.250. The lowest BCUT2D eigenvalue weighted by Crippen LogP contribution is -2.36. The number of hydrogen-bond donors (Lipinski definition) is 1. The number of aromatic nitrogens is 3. The van der Waals surface area contributed by atoms with Crippen LogP contribution >= 0.6 is 0 Å². The highest BCUT2D eigenvalue weighted by molar-refractivity contribution is 5.75. The Morgan fingerprint density at radius 1 is 1.17 bits per heavy atom. The second-order valence-electron chi connectivity index (χ2n) is 5.24. The lowest BCUT2D eigenvalue weighted by atomic mass is 10.2. The Hall–Kier alpha value is -2.57. The highest BCUT2D eigenvalue weighted by Gasteiger charge is 2.29. The maximum Gasteiger partial charge on any atom is 0.422 e. The average Bonchev–Trinajstić information content (AvgIpc) is 2.91. The summed E-state index contributed by atoms with van der Waals surface area (Å²) in [5, 5.41) is 0. The van der Waals surface area contributed by atoms with Gasteiger partial charge in [0.25, 0.3) is 0 Å². The number of alkyl halides is 3. The summed E-state index contributed by atoms with van der Waals surface area (Å²) >= 11 is 0. The largest absolute Gasteiger partial charge is 0.484 e. The molecule has 2 aromatic heterocycles. The van der Waals surface area contributed by atoms with Crippen LogP contribution in [0.4, 0.5) is 13.2 Å². The number of para-hydroxylation sites is 2. The van der Waals surface area contributed by atoms with Gasteiger partial charge in [-0.3, -0.25) is 0 Å². The molecule has 4 nitrogen and oxygen atoms in total. The van der Waals surface area contributed by atoms with Crippen LogP contribution in [0.15, 0.2) is 36.5 Å². The molecule has 0 unspecified atom stereocenters. The van der Waals surface area contributed by atoms with Gasteiger partial charge in [-0.2, -0.15) is 13.2 Å². The van der Waals surface area contributed by atoms with Crippen molar-refractivity contribution in [2.45, 2.75) is 20.0 Å². The molecule has 1 N–H and O–H groups in total. The van der Waals surface area contributed by atoms with E-state index in [4.69, 9.17) is 4.74 Å². The summed E-state index contributed by atoms with van der Waals surface area (Å²) in [6.07, 6.45) is -2.71. The zero-order valence-electron chi connectivity index (χ0n) is 12.6. The van der Waals surface area contributed by atoms with Crippen LogP contribution in [0.2, 0.25) is 0 Å². The van der Waals surface area contributed by atoms with Crippen LogP contribution in [-0.2, 0) is 0 Å². The van der Waals surface area contributed by atoms with E-state index in [-0.39, 0.29) is 5.75 Å². The molecule has 0 amide bonds. The standard InChI is InChI=1S/C16H15F3N3O/c1-10-11(2)22(8-7-14(10)23-9-16(17,18)19)15-20-12-5-3-4-6-13(12)21-15/h3-8H,9H2,1-2H3,(H,20,21)/q+1. The Labute approximate surface area is 130 Å². The molecule has 0 aliphatic carbocycles. The second kappa shape index (κ2) is 5.57. The Kier molecular flexibility index (Phi) is 3.71. The monoisotopic (exact) mass is 322 g/mol. The van der Waals surface area contributed by atoms with E-state index in [2.05, 4.69) is 9.97 Å². The smallest absolute Gasteiger partial charge is 0.422 e. The Morgan fingerprint density at radius 2 is 1.91 bits per heavy atom. The van der Waals surface area contributed by atoms with Crippen molar-refractivity contribution in [3.63, 3.8) is 0 Å². The summed E-state index contributed by atoms with van der Waals surface area (Å²) in [7, 11) is 0. The van der Waals surface area contributed by atoms with Crippen molar-refractivity contribution in [1.29, 1.82) is 0 Å². The average molecular weight is 322 g/mol. The third-order valence-electron chi connectivity index (χ3n) is 3.65. The number of H-pyrrole nitrogens is 1. The number of nitrogens with zero attached hydrogens (tertiary/aromatic N) is 2. The fourth-order valence-corrected chi connectivity index (χ4v) is 2.34. The molecule has 0 aliphatic rings. The SMILES string of the molecule is Cc1c(OCC(F)(F)F)cc[n+](-c2nc3ccccc3[nH]2)c1C. The number of aromatic amines is 1. The van der Waals surface area contributed by atoms with Gasteiger partial charge in [0.1, 0.15) is 11.3 Å². The van der Waals surface area contributed by atoms with Crippen molar-refractivity contribution in [2.75, 3.05) is 6.61 Å². The van der Waals surface area contributed by atoms with Crippen LogP contribution in [0.1, 0.15) is 11.3 Å². The van der Waals surface area contributed by atoms with Crippen LogP contribution < -0.4 is 9.30 Å². The van der Waals surface area contributed by atoms with E-state index < -0.39 is 12.8 Å². The molecule has 23 heavy (non-hydrogen) atoms. The van der Waals surface area contributed by atoms with Crippen molar-refractivity contribution < 1.29 is 22.5 Å². The third kappa shape index (κ3) is 3.13. The predicted molar refractivity (Wildman–Crippen MR) is 78.6 cm³/mol. The van der Waals surface area contributed by atoms with E-state index >= 15 is 0 Å². The van der Waals surface area contributed by atoms with E-state index in [0.717, 1.165) is 16.7 Å². The minimum atomic E-state index is -4.36. The molecular formula is C16H15F3N3O+. The molecule has 0 spiro atoms. The first kappa shape index (κ1) is 15.3. The number of imidazole rings is 1. The van der Waals surface area contributed by atoms with Gasteiger partial charge in [-0.05, 0) is 26.0 Å². The normalized spacial score (nSPS) is 11.9. The Morgan fingerprint density at radius 3 is 2.61 bits per heavy atom. The van der Waals surface area contributed by atoms with Gasteiger partial charge in [-0.15, -0.1) is 0 Å². The number of fused-ring (bicyclic) bond motifs is 1. The minimum Gasteiger partial charge on any atom is -0.484 e. The number of ether oxygens (including phenoxy) is 1. The van der Waals surface area contributed by atoms with E-state index in [1.165, 1.54) is 6.07 Å². The van der Waals surface area contributed by atoms with Crippen molar-refractivity contribution in [3.8, 4) is 11.7 Å². The van der Waals surface area contributed by atoms with Crippen LogP contribution in [-0.4, -0.2) is 22.8 Å². The van der Waals surface area contributed by atoms with Gasteiger partial charge in [-0.1, -0.05) is 17.1 Å². The molecule has 0 saturated carbocycles.